The second-order valence-corrected chi connectivity index (χ2v) is 5.65. The highest BCUT2D eigenvalue weighted by atomic mass is 32.1. The number of anilines is 1. The average molecular weight is 291 g/mol. The van der Waals surface area contributed by atoms with Gasteiger partial charge >= 0.3 is 0 Å². The SMILES string of the molecule is NCCC(=O)N1CCN(c2ncnc3ccsc23)CC1. The van der Waals surface area contributed by atoms with Gasteiger partial charge in [-0.05, 0) is 11.4 Å². The normalized spacial score (nSPS) is 15.8. The van der Waals surface area contributed by atoms with Crippen molar-refractivity contribution >= 4 is 33.3 Å². The first-order chi connectivity index (χ1) is 9.79. The molecule has 0 spiro atoms. The molecule has 0 aliphatic carbocycles. The topological polar surface area (TPSA) is 75.4 Å². The summed E-state index contributed by atoms with van der Waals surface area (Å²) in [6, 6.07) is 2.01. The standard InChI is InChI=1S/C13H17N5OS/c14-3-1-11(19)17-4-6-18(7-5-17)13-12-10(2-8-20-12)15-9-16-13/h2,8-9H,1,3-7,14H2. The Morgan fingerprint density at radius 3 is 2.85 bits per heavy atom. The van der Waals surface area contributed by atoms with Crippen LogP contribution in [0.15, 0.2) is 17.8 Å². The minimum atomic E-state index is 0.149. The number of hydrogen-bond donors (Lipinski definition) is 1. The largest absolute Gasteiger partial charge is 0.352 e. The van der Waals surface area contributed by atoms with Crippen LogP contribution in [-0.2, 0) is 4.79 Å². The lowest BCUT2D eigenvalue weighted by atomic mass is 10.2. The lowest BCUT2D eigenvalue weighted by Crippen LogP contribution is -2.49. The Hall–Kier alpha value is -1.73. The zero-order valence-corrected chi connectivity index (χ0v) is 12.0. The number of nitrogens with two attached hydrogens (primary N) is 1. The molecule has 106 valence electrons. The molecule has 3 rings (SSSR count). The molecule has 2 aromatic heterocycles. The van der Waals surface area contributed by atoms with Crippen molar-refractivity contribution in [2.45, 2.75) is 6.42 Å². The summed E-state index contributed by atoms with van der Waals surface area (Å²) in [7, 11) is 0. The van der Waals surface area contributed by atoms with Gasteiger partial charge in [-0.2, -0.15) is 0 Å². The highest BCUT2D eigenvalue weighted by Gasteiger charge is 2.22. The van der Waals surface area contributed by atoms with Crippen molar-refractivity contribution in [1.82, 2.24) is 14.9 Å². The van der Waals surface area contributed by atoms with Crippen LogP contribution in [0, 0.1) is 0 Å². The lowest BCUT2D eigenvalue weighted by Gasteiger charge is -2.35. The predicted molar refractivity (Wildman–Crippen MR) is 79.9 cm³/mol. The Balaban J connectivity index is 1.72. The number of carbonyl (C=O) groups is 1. The maximum Gasteiger partial charge on any atom is 0.223 e. The van der Waals surface area contributed by atoms with Crippen LogP contribution < -0.4 is 10.6 Å². The highest BCUT2D eigenvalue weighted by molar-refractivity contribution is 7.17. The number of piperazine rings is 1. The van der Waals surface area contributed by atoms with Crippen LogP contribution in [0.4, 0.5) is 5.82 Å². The molecule has 0 bridgehead atoms. The van der Waals surface area contributed by atoms with E-state index in [0.717, 1.165) is 42.2 Å². The van der Waals surface area contributed by atoms with Crippen molar-refractivity contribution in [3.63, 3.8) is 0 Å². The molecule has 0 aromatic carbocycles. The van der Waals surface area contributed by atoms with E-state index >= 15 is 0 Å². The van der Waals surface area contributed by atoms with Gasteiger partial charge in [0.05, 0.1) is 10.2 Å². The van der Waals surface area contributed by atoms with E-state index in [1.54, 1.807) is 17.7 Å². The van der Waals surface area contributed by atoms with Gasteiger partial charge in [0.15, 0.2) is 0 Å². The van der Waals surface area contributed by atoms with Crippen LogP contribution in [-0.4, -0.2) is 53.5 Å². The van der Waals surface area contributed by atoms with Crippen molar-refractivity contribution in [2.24, 2.45) is 5.73 Å². The van der Waals surface area contributed by atoms with Crippen LogP contribution in [0.2, 0.25) is 0 Å². The molecule has 1 aliphatic rings. The number of nitrogens with zero attached hydrogens (tertiary/aromatic N) is 4. The van der Waals surface area contributed by atoms with Crippen molar-refractivity contribution in [3.8, 4) is 0 Å². The van der Waals surface area contributed by atoms with Crippen LogP contribution in [0.1, 0.15) is 6.42 Å². The number of hydrogen-bond acceptors (Lipinski definition) is 6. The van der Waals surface area contributed by atoms with E-state index in [2.05, 4.69) is 14.9 Å². The number of fused-ring (bicyclic) bond motifs is 1. The Bertz CT molecular complexity index is 606. The molecule has 20 heavy (non-hydrogen) atoms. The Morgan fingerprint density at radius 2 is 2.10 bits per heavy atom. The Labute approximate surface area is 121 Å². The minimum Gasteiger partial charge on any atom is -0.352 e. The van der Waals surface area contributed by atoms with E-state index < -0.39 is 0 Å². The number of carbonyl (C=O) groups excluding carboxylic acids is 1. The first-order valence-corrected chi connectivity index (χ1v) is 7.58. The molecule has 0 atom stereocenters. The van der Waals surface area contributed by atoms with Crippen LogP contribution in [0.25, 0.3) is 10.2 Å². The van der Waals surface area contributed by atoms with Crippen molar-refractivity contribution < 1.29 is 4.79 Å². The van der Waals surface area contributed by atoms with Gasteiger partial charge in [0, 0.05) is 39.1 Å². The van der Waals surface area contributed by atoms with Crippen molar-refractivity contribution in [2.75, 3.05) is 37.6 Å². The smallest absolute Gasteiger partial charge is 0.223 e. The van der Waals surface area contributed by atoms with E-state index in [1.165, 1.54) is 0 Å². The van der Waals surface area contributed by atoms with Crippen LogP contribution in [0.3, 0.4) is 0 Å². The maximum absolute atomic E-state index is 11.8. The first-order valence-electron chi connectivity index (χ1n) is 6.70. The third-order valence-electron chi connectivity index (χ3n) is 3.51. The number of amides is 1. The van der Waals surface area contributed by atoms with Gasteiger partial charge in [0.1, 0.15) is 12.1 Å². The second-order valence-electron chi connectivity index (χ2n) is 4.74. The molecule has 1 fully saturated rings. The van der Waals surface area contributed by atoms with Gasteiger partial charge < -0.3 is 15.5 Å². The fraction of sp³-hybridized carbons (Fsp3) is 0.462. The molecule has 0 unspecified atom stereocenters. The molecule has 1 amide bonds. The predicted octanol–water partition coefficient (Wildman–Crippen LogP) is 0.689. The molecule has 0 saturated carbocycles. The number of aromatic nitrogens is 2. The summed E-state index contributed by atoms with van der Waals surface area (Å²) < 4.78 is 1.12. The third kappa shape index (κ3) is 2.46. The summed E-state index contributed by atoms with van der Waals surface area (Å²) >= 11 is 1.66. The fourth-order valence-electron chi connectivity index (χ4n) is 2.45. The van der Waals surface area contributed by atoms with Crippen LogP contribution >= 0.6 is 11.3 Å². The monoisotopic (exact) mass is 291 g/mol. The van der Waals surface area contributed by atoms with E-state index in [-0.39, 0.29) is 5.91 Å². The zero-order valence-electron chi connectivity index (χ0n) is 11.2. The molecule has 6 nitrogen and oxygen atoms in total. The van der Waals surface area contributed by atoms with Gasteiger partial charge in [-0.1, -0.05) is 0 Å². The Kier molecular flexibility index (Phi) is 3.79. The van der Waals surface area contributed by atoms with Crippen LogP contribution in [0.5, 0.6) is 0 Å². The Morgan fingerprint density at radius 1 is 1.30 bits per heavy atom. The molecule has 1 saturated heterocycles. The third-order valence-corrected chi connectivity index (χ3v) is 4.41. The van der Waals surface area contributed by atoms with Gasteiger partial charge in [0.25, 0.3) is 0 Å². The number of rotatable bonds is 3. The van der Waals surface area contributed by atoms with Gasteiger partial charge in [-0.25, -0.2) is 9.97 Å². The van der Waals surface area contributed by atoms with Crippen molar-refractivity contribution in [3.05, 3.63) is 17.8 Å². The molecule has 0 radical (unpaired) electrons. The highest BCUT2D eigenvalue weighted by Crippen LogP contribution is 2.28. The number of thiophene rings is 1. The van der Waals surface area contributed by atoms with E-state index in [1.807, 2.05) is 16.3 Å². The van der Waals surface area contributed by atoms with Gasteiger partial charge in [-0.3, -0.25) is 4.79 Å². The molecular formula is C13H17N5OS. The van der Waals surface area contributed by atoms with E-state index in [9.17, 15) is 4.79 Å². The fourth-order valence-corrected chi connectivity index (χ4v) is 3.31. The summed E-state index contributed by atoms with van der Waals surface area (Å²) in [5.41, 5.74) is 6.42. The molecule has 1 aliphatic heterocycles. The average Bonchev–Trinajstić information content (AvgIpc) is 2.96. The summed E-state index contributed by atoms with van der Waals surface area (Å²) in [5.74, 6) is 1.13. The molecule has 2 N–H and O–H groups in total. The van der Waals surface area contributed by atoms with E-state index in [0.29, 0.717) is 13.0 Å². The lowest BCUT2D eigenvalue weighted by molar-refractivity contribution is -0.131. The maximum atomic E-state index is 11.8. The van der Waals surface area contributed by atoms with E-state index in [4.69, 9.17) is 5.73 Å². The molecule has 7 heteroatoms. The minimum absolute atomic E-state index is 0.149. The first kappa shape index (κ1) is 13.3. The molecule has 3 heterocycles. The molecular weight excluding hydrogens is 274 g/mol. The quantitative estimate of drug-likeness (QED) is 0.900. The molecule has 2 aromatic rings. The summed E-state index contributed by atoms with van der Waals surface area (Å²) in [6.07, 6.45) is 2.04. The summed E-state index contributed by atoms with van der Waals surface area (Å²) in [6.45, 7) is 3.49. The second kappa shape index (κ2) is 5.72. The summed E-state index contributed by atoms with van der Waals surface area (Å²) in [4.78, 5) is 24.6. The zero-order chi connectivity index (χ0) is 13.9. The van der Waals surface area contributed by atoms with Gasteiger partial charge in [-0.15, -0.1) is 11.3 Å². The summed E-state index contributed by atoms with van der Waals surface area (Å²) in [5, 5.41) is 2.03. The van der Waals surface area contributed by atoms with Crippen molar-refractivity contribution in [1.29, 1.82) is 0 Å². The van der Waals surface area contributed by atoms with Gasteiger partial charge in [0.2, 0.25) is 5.91 Å².